The number of aryl methyl sites for hydroxylation is 1. The second-order valence-corrected chi connectivity index (χ2v) is 5.67. The number of allylic oxidation sites excluding steroid dienone is 1. The summed E-state index contributed by atoms with van der Waals surface area (Å²) < 4.78 is 0. The summed E-state index contributed by atoms with van der Waals surface area (Å²) in [4.78, 5) is 7.67. The molecular weight excluding hydrogens is 312 g/mol. The monoisotopic (exact) mass is 328 g/mol. The van der Waals surface area contributed by atoms with Crippen LogP contribution in [0.1, 0.15) is 11.1 Å². The second kappa shape index (κ2) is 6.52. The highest BCUT2D eigenvalue weighted by Crippen LogP contribution is 2.23. The van der Waals surface area contributed by atoms with Crippen LogP contribution in [-0.4, -0.2) is 26.4 Å². The lowest BCUT2D eigenvalue weighted by Gasteiger charge is -1.96. The molecule has 0 saturated heterocycles. The number of hydrogen-bond acceptors (Lipinski definition) is 5. The van der Waals surface area contributed by atoms with Crippen LogP contribution < -0.4 is 5.43 Å². The summed E-state index contributed by atoms with van der Waals surface area (Å²) in [5, 5.41) is 13.5. The largest absolute Gasteiger partial charge is 0.338 e. The fourth-order valence-corrected chi connectivity index (χ4v) is 2.59. The van der Waals surface area contributed by atoms with Crippen LogP contribution in [0.25, 0.3) is 28.1 Å². The minimum absolute atomic E-state index is 0.347. The maximum atomic E-state index is 4.42. The minimum Gasteiger partial charge on any atom is -0.338 e. The zero-order valence-corrected chi connectivity index (χ0v) is 13.6. The van der Waals surface area contributed by atoms with Crippen LogP contribution in [0.4, 0.5) is 5.95 Å². The number of aromatic nitrogens is 4. The molecule has 2 heterocycles. The van der Waals surface area contributed by atoms with Gasteiger partial charge < -0.3 is 4.98 Å². The van der Waals surface area contributed by atoms with Gasteiger partial charge in [-0.3, -0.25) is 0 Å². The van der Waals surface area contributed by atoms with Gasteiger partial charge in [0, 0.05) is 17.1 Å². The normalized spacial score (nSPS) is 11.9. The van der Waals surface area contributed by atoms with Crippen LogP contribution in [0, 0.1) is 6.92 Å². The van der Waals surface area contributed by atoms with E-state index in [1.807, 2.05) is 61.5 Å². The van der Waals surface area contributed by atoms with Crippen molar-refractivity contribution in [3.05, 3.63) is 65.7 Å². The molecule has 122 valence electrons. The number of aromatic amines is 1. The number of nitrogens with one attached hydrogen (secondary N) is 2. The molecule has 0 aliphatic rings. The molecule has 0 amide bonds. The number of benzene rings is 2. The molecule has 6 heteroatoms. The fourth-order valence-electron chi connectivity index (χ4n) is 2.59. The molecule has 6 nitrogen and oxygen atoms in total. The summed E-state index contributed by atoms with van der Waals surface area (Å²) in [7, 11) is 0. The second-order valence-electron chi connectivity index (χ2n) is 5.67. The summed E-state index contributed by atoms with van der Waals surface area (Å²) in [6.45, 7) is 2.05. The van der Waals surface area contributed by atoms with Gasteiger partial charge in [0.15, 0.2) is 5.65 Å². The molecule has 0 radical (unpaired) electrons. The first kappa shape index (κ1) is 15.0. The van der Waals surface area contributed by atoms with Crippen molar-refractivity contribution in [2.24, 2.45) is 5.10 Å². The van der Waals surface area contributed by atoms with Crippen molar-refractivity contribution >= 4 is 40.3 Å². The van der Waals surface area contributed by atoms with Crippen molar-refractivity contribution < 1.29 is 0 Å². The molecule has 0 saturated carbocycles. The predicted octanol–water partition coefficient (Wildman–Crippen LogP) is 3.93. The van der Waals surface area contributed by atoms with Crippen LogP contribution in [0.3, 0.4) is 0 Å². The van der Waals surface area contributed by atoms with Gasteiger partial charge in [0.25, 0.3) is 5.95 Å². The zero-order chi connectivity index (χ0) is 17.1. The highest BCUT2D eigenvalue weighted by atomic mass is 15.4. The Hall–Kier alpha value is -3.54. The molecule has 2 aromatic heterocycles. The van der Waals surface area contributed by atoms with E-state index in [1.165, 1.54) is 5.56 Å². The number of hydrazone groups is 1. The molecule has 4 aromatic rings. The van der Waals surface area contributed by atoms with Crippen molar-refractivity contribution in [1.82, 2.24) is 20.2 Å². The Labute approximate surface area is 144 Å². The molecule has 0 spiro atoms. The predicted molar refractivity (Wildman–Crippen MR) is 102 cm³/mol. The number of fused-ring (bicyclic) bond motifs is 3. The SMILES string of the molecule is Cc1ccc2[nH]c3nc(N/N=C\C=C\c4ccccc4)nnc3c2c1. The molecule has 2 N–H and O–H groups in total. The molecule has 0 fully saturated rings. The van der Waals surface area contributed by atoms with E-state index in [9.17, 15) is 0 Å². The highest BCUT2D eigenvalue weighted by Gasteiger charge is 2.08. The number of nitrogens with zero attached hydrogens (tertiary/aromatic N) is 4. The standard InChI is InChI=1S/C19H16N6/c1-13-9-10-16-15(12-13)17-18(21-16)22-19(25-23-17)24-20-11-5-8-14-6-3-2-4-7-14/h2-12H,1H3,(H2,21,22,24,25)/b8-5+,20-11-. The lowest BCUT2D eigenvalue weighted by atomic mass is 10.2. The third-order valence-electron chi connectivity index (χ3n) is 3.78. The van der Waals surface area contributed by atoms with Crippen molar-refractivity contribution in [3.8, 4) is 0 Å². The van der Waals surface area contributed by atoms with Crippen molar-refractivity contribution in [1.29, 1.82) is 0 Å². The first-order valence-electron chi connectivity index (χ1n) is 7.93. The number of hydrogen-bond donors (Lipinski definition) is 2. The maximum Gasteiger partial charge on any atom is 0.265 e. The Bertz CT molecular complexity index is 1080. The molecule has 0 unspecified atom stereocenters. The zero-order valence-electron chi connectivity index (χ0n) is 13.6. The number of H-pyrrole nitrogens is 1. The molecule has 4 rings (SSSR count). The van der Waals surface area contributed by atoms with E-state index >= 15 is 0 Å². The van der Waals surface area contributed by atoms with E-state index in [0.29, 0.717) is 11.6 Å². The Balaban J connectivity index is 1.51. The van der Waals surface area contributed by atoms with Crippen LogP contribution in [0.5, 0.6) is 0 Å². The summed E-state index contributed by atoms with van der Waals surface area (Å²) in [6.07, 6.45) is 5.46. The Kier molecular flexibility index (Phi) is 3.92. The average Bonchev–Trinajstić information content (AvgIpc) is 2.99. The molecule has 0 atom stereocenters. The van der Waals surface area contributed by atoms with E-state index in [0.717, 1.165) is 22.0 Å². The molecular formula is C19H16N6. The Morgan fingerprint density at radius 3 is 2.84 bits per heavy atom. The van der Waals surface area contributed by atoms with E-state index in [2.05, 4.69) is 36.8 Å². The smallest absolute Gasteiger partial charge is 0.265 e. The summed E-state index contributed by atoms with van der Waals surface area (Å²) in [6, 6.07) is 16.2. The lowest BCUT2D eigenvalue weighted by Crippen LogP contribution is -1.98. The van der Waals surface area contributed by atoms with Gasteiger partial charge in [-0.25, -0.2) is 5.43 Å². The summed E-state index contributed by atoms with van der Waals surface area (Å²) in [5.74, 6) is 0.347. The maximum absolute atomic E-state index is 4.42. The Morgan fingerprint density at radius 1 is 1.08 bits per heavy atom. The van der Waals surface area contributed by atoms with Crippen molar-refractivity contribution in [2.45, 2.75) is 6.92 Å². The van der Waals surface area contributed by atoms with Gasteiger partial charge in [-0.15, -0.1) is 10.2 Å². The molecule has 0 aliphatic heterocycles. The molecule has 2 aromatic carbocycles. The quantitative estimate of drug-likeness (QED) is 0.439. The fraction of sp³-hybridized carbons (Fsp3) is 0.0526. The van der Waals surface area contributed by atoms with E-state index in [1.54, 1.807) is 6.21 Å². The summed E-state index contributed by atoms with van der Waals surface area (Å²) >= 11 is 0. The first-order chi connectivity index (χ1) is 12.3. The van der Waals surface area contributed by atoms with Crippen molar-refractivity contribution in [2.75, 3.05) is 5.43 Å². The third kappa shape index (κ3) is 3.23. The first-order valence-corrected chi connectivity index (χ1v) is 7.93. The van der Waals surface area contributed by atoms with Gasteiger partial charge in [-0.1, -0.05) is 48.0 Å². The molecule has 0 bridgehead atoms. The van der Waals surface area contributed by atoms with Gasteiger partial charge >= 0.3 is 0 Å². The number of anilines is 1. The van der Waals surface area contributed by atoms with E-state index in [-0.39, 0.29) is 0 Å². The van der Waals surface area contributed by atoms with Gasteiger partial charge in [0.05, 0.1) is 0 Å². The third-order valence-corrected chi connectivity index (χ3v) is 3.78. The van der Waals surface area contributed by atoms with Gasteiger partial charge in [0.2, 0.25) is 0 Å². The highest BCUT2D eigenvalue weighted by molar-refractivity contribution is 6.03. The van der Waals surface area contributed by atoms with Gasteiger partial charge in [-0.05, 0) is 30.7 Å². The molecule has 0 aliphatic carbocycles. The topological polar surface area (TPSA) is 78.9 Å². The van der Waals surface area contributed by atoms with Crippen molar-refractivity contribution in [3.63, 3.8) is 0 Å². The lowest BCUT2D eigenvalue weighted by molar-refractivity contribution is 1.01. The van der Waals surface area contributed by atoms with Crippen LogP contribution in [0.2, 0.25) is 0 Å². The van der Waals surface area contributed by atoms with Crippen LogP contribution >= 0.6 is 0 Å². The Morgan fingerprint density at radius 2 is 1.96 bits per heavy atom. The average molecular weight is 328 g/mol. The molecule has 25 heavy (non-hydrogen) atoms. The van der Waals surface area contributed by atoms with Crippen LogP contribution in [0.15, 0.2) is 59.7 Å². The minimum atomic E-state index is 0.347. The number of rotatable bonds is 4. The van der Waals surface area contributed by atoms with E-state index < -0.39 is 0 Å². The van der Waals surface area contributed by atoms with Gasteiger partial charge in [-0.2, -0.15) is 10.1 Å². The van der Waals surface area contributed by atoms with Gasteiger partial charge in [0.1, 0.15) is 5.52 Å². The van der Waals surface area contributed by atoms with Crippen LogP contribution in [-0.2, 0) is 0 Å². The summed E-state index contributed by atoms with van der Waals surface area (Å²) in [5.41, 5.74) is 7.52. The van der Waals surface area contributed by atoms with E-state index in [4.69, 9.17) is 0 Å².